The molecule has 25 heavy (non-hydrogen) atoms. The lowest BCUT2D eigenvalue weighted by atomic mass is 10.3. The molecule has 0 saturated heterocycles. The van der Waals surface area contributed by atoms with Gasteiger partial charge < -0.3 is 0 Å². The molecule has 0 aliphatic heterocycles. The van der Waals surface area contributed by atoms with Crippen molar-refractivity contribution in [1.82, 2.24) is 20.2 Å². The van der Waals surface area contributed by atoms with Crippen molar-refractivity contribution in [2.45, 2.75) is 6.92 Å². The van der Waals surface area contributed by atoms with E-state index in [0.29, 0.717) is 16.9 Å². The number of nitrogens with zero attached hydrogens (tertiary/aromatic N) is 3. The van der Waals surface area contributed by atoms with Gasteiger partial charge in [0, 0.05) is 18.1 Å². The SMILES string of the molecule is Cc1[nH]n(-c2ccc(F)cc2)c(=O)c1/C=N/NC(=O)c1cccnc1. The molecule has 2 heterocycles. The van der Waals surface area contributed by atoms with Gasteiger partial charge in [0.05, 0.1) is 23.0 Å². The van der Waals surface area contributed by atoms with Gasteiger partial charge in [-0.2, -0.15) is 5.10 Å². The maximum absolute atomic E-state index is 13.0. The summed E-state index contributed by atoms with van der Waals surface area (Å²) in [5, 5.41) is 6.70. The quantitative estimate of drug-likeness (QED) is 0.560. The molecule has 0 atom stereocenters. The smallest absolute Gasteiger partial charge is 0.280 e. The van der Waals surface area contributed by atoms with Crippen LogP contribution in [0.15, 0.2) is 58.7 Å². The van der Waals surface area contributed by atoms with Crippen molar-refractivity contribution in [3.63, 3.8) is 0 Å². The highest BCUT2D eigenvalue weighted by molar-refractivity contribution is 5.94. The van der Waals surface area contributed by atoms with Crippen molar-refractivity contribution in [2.75, 3.05) is 0 Å². The molecule has 1 aromatic carbocycles. The second kappa shape index (κ2) is 6.91. The number of aromatic nitrogens is 3. The average molecular weight is 339 g/mol. The first kappa shape index (κ1) is 16.3. The fourth-order valence-electron chi connectivity index (χ4n) is 2.20. The second-order valence-corrected chi connectivity index (χ2v) is 5.21. The Kier molecular flexibility index (Phi) is 4.51. The molecule has 2 N–H and O–H groups in total. The Morgan fingerprint density at radius 1 is 1.32 bits per heavy atom. The number of H-pyrrole nitrogens is 1. The maximum atomic E-state index is 13.0. The number of amides is 1. The number of nitrogens with one attached hydrogen (secondary N) is 2. The van der Waals surface area contributed by atoms with E-state index in [0.717, 1.165) is 0 Å². The Labute approximate surface area is 141 Å². The van der Waals surface area contributed by atoms with E-state index in [9.17, 15) is 14.0 Å². The van der Waals surface area contributed by atoms with Gasteiger partial charge in [-0.3, -0.25) is 19.7 Å². The van der Waals surface area contributed by atoms with Gasteiger partial charge in [-0.1, -0.05) is 0 Å². The zero-order valence-corrected chi connectivity index (χ0v) is 13.2. The van der Waals surface area contributed by atoms with Crippen molar-refractivity contribution < 1.29 is 9.18 Å². The molecule has 0 bridgehead atoms. The van der Waals surface area contributed by atoms with Gasteiger partial charge in [0.15, 0.2) is 0 Å². The van der Waals surface area contributed by atoms with Gasteiger partial charge in [0.25, 0.3) is 11.5 Å². The van der Waals surface area contributed by atoms with Gasteiger partial charge >= 0.3 is 0 Å². The zero-order valence-electron chi connectivity index (χ0n) is 13.2. The summed E-state index contributed by atoms with van der Waals surface area (Å²) >= 11 is 0. The van der Waals surface area contributed by atoms with Crippen LogP contribution in [0.25, 0.3) is 5.69 Å². The number of aryl methyl sites for hydroxylation is 1. The Morgan fingerprint density at radius 3 is 2.76 bits per heavy atom. The van der Waals surface area contributed by atoms with Gasteiger partial charge in [-0.05, 0) is 43.3 Å². The predicted molar refractivity (Wildman–Crippen MR) is 90.4 cm³/mol. The van der Waals surface area contributed by atoms with E-state index in [-0.39, 0.29) is 16.9 Å². The standard InChI is InChI=1S/C17H14FN5O2/c1-11-15(10-20-21-16(24)12-3-2-8-19-9-12)17(25)23(22-11)14-6-4-13(18)5-7-14/h2-10,22H,1H3,(H,21,24)/b20-10+. The van der Waals surface area contributed by atoms with E-state index in [1.54, 1.807) is 25.3 Å². The van der Waals surface area contributed by atoms with E-state index in [1.807, 2.05) is 0 Å². The summed E-state index contributed by atoms with van der Waals surface area (Å²) in [5.74, 6) is -0.823. The van der Waals surface area contributed by atoms with Crippen LogP contribution >= 0.6 is 0 Å². The Balaban J connectivity index is 1.80. The summed E-state index contributed by atoms with van der Waals surface area (Å²) in [6.07, 6.45) is 4.23. The summed E-state index contributed by atoms with van der Waals surface area (Å²) in [6.45, 7) is 1.70. The number of rotatable bonds is 4. The normalized spacial score (nSPS) is 11.0. The van der Waals surface area contributed by atoms with Crippen LogP contribution in [0.2, 0.25) is 0 Å². The molecule has 0 radical (unpaired) electrons. The number of carbonyl (C=O) groups excluding carboxylic acids is 1. The van der Waals surface area contributed by atoms with Gasteiger partial charge in [-0.25, -0.2) is 14.5 Å². The lowest BCUT2D eigenvalue weighted by molar-refractivity contribution is 0.0955. The van der Waals surface area contributed by atoms with Crippen LogP contribution in [-0.4, -0.2) is 26.9 Å². The van der Waals surface area contributed by atoms with Crippen molar-refractivity contribution in [2.24, 2.45) is 5.10 Å². The molecule has 0 fully saturated rings. The number of carbonyl (C=O) groups is 1. The van der Waals surface area contributed by atoms with Gasteiger partial charge in [0.1, 0.15) is 5.82 Å². The summed E-state index contributed by atoms with van der Waals surface area (Å²) in [6, 6.07) is 8.73. The second-order valence-electron chi connectivity index (χ2n) is 5.21. The monoisotopic (exact) mass is 339 g/mol. The number of aromatic amines is 1. The third-order valence-corrected chi connectivity index (χ3v) is 3.49. The van der Waals surface area contributed by atoms with E-state index >= 15 is 0 Å². The van der Waals surface area contributed by atoms with Crippen molar-refractivity contribution in [1.29, 1.82) is 0 Å². The average Bonchev–Trinajstić information content (AvgIpc) is 2.91. The number of pyridine rings is 1. The molecule has 0 aliphatic carbocycles. The zero-order chi connectivity index (χ0) is 17.8. The van der Waals surface area contributed by atoms with Gasteiger partial charge in [-0.15, -0.1) is 0 Å². The highest BCUT2D eigenvalue weighted by Gasteiger charge is 2.11. The molecule has 126 valence electrons. The molecule has 0 spiro atoms. The molecular formula is C17H14FN5O2. The third kappa shape index (κ3) is 3.52. The molecule has 3 rings (SSSR count). The molecule has 0 unspecified atom stereocenters. The minimum Gasteiger partial charge on any atom is -0.295 e. The predicted octanol–water partition coefficient (Wildman–Crippen LogP) is 1.77. The van der Waals surface area contributed by atoms with E-state index in [1.165, 1.54) is 41.4 Å². The van der Waals surface area contributed by atoms with Crippen LogP contribution in [0.5, 0.6) is 0 Å². The first-order valence-electron chi connectivity index (χ1n) is 7.37. The number of hydrazone groups is 1. The molecular weight excluding hydrogens is 325 g/mol. The van der Waals surface area contributed by atoms with Gasteiger partial charge in [0.2, 0.25) is 0 Å². The van der Waals surface area contributed by atoms with Crippen LogP contribution in [-0.2, 0) is 0 Å². The largest absolute Gasteiger partial charge is 0.295 e. The van der Waals surface area contributed by atoms with Crippen LogP contribution < -0.4 is 11.0 Å². The molecule has 8 heteroatoms. The first-order valence-corrected chi connectivity index (χ1v) is 7.37. The fourth-order valence-corrected chi connectivity index (χ4v) is 2.20. The number of benzene rings is 1. The molecule has 7 nitrogen and oxygen atoms in total. The summed E-state index contributed by atoms with van der Waals surface area (Å²) in [4.78, 5) is 28.2. The molecule has 2 aromatic heterocycles. The molecule has 3 aromatic rings. The van der Waals surface area contributed by atoms with Crippen molar-refractivity contribution in [3.8, 4) is 5.69 Å². The van der Waals surface area contributed by atoms with E-state index in [4.69, 9.17) is 0 Å². The number of hydrogen-bond donors (Lipinski definition) is 2. The highest BCUT2D eigenvalue weighted by Crippen LogP contribution is 2.07. The molecule has 1 amide bonds. The summed E-state index contributed by atoms with van der Waals surface area (Å²) in [5.41, 5.74) is 3.68. The van der Waals surface area contributed by atoms with Crippen molar-refractivity contribution in [3.05, 3.63) is 81.8 Å². The molecule has 0 saturated carbocycles. The fraction of sp³-hybridized carbons (Fsp3) is 0.0588. The van der Waals surface area contributed by atoms with E-state index < -0.39 is 5.91 Å². The van der Waals surface area contributed by atoms with Crippen molar-refractivity contribution >= 4 is 12.1 Å². The van der Waals surface area contributed by atoms with Crippen LogP contribution in [0.3, 0.4) is 0 Å². The Bertz CT molecular complexity index is 975. The topological polar surface area (TPSA) is 92.1 Å². The van der Waals surface area contributed by atoms with Crippen LogP contribution in [0, 0.1) is 12.7 Å². The van der Waals surface area contributed by atoms with Crippen LogP contribution in [0.1, 0.15) is 21.6 Å². The number of halogens is 1. The van der Waals surface area contributed by atoms with Crippen LogP contribution in [0.4, 0.5) is 4.39 Å². The first-order chi connectivity index (χ1) is 12.1. The minimum absolute atomic E-state index is 0.288. The third-order valence-electron chi connectivity index (χ3n) is 3.49. The highest BCUT2D eigenvalue weighted by atomic mass is 19.1. The Hall–Kier alpha value is -3.55. The molecule has 0 aliphatic rings. The van der Waals surface area contributed by atoms with E-state index in [2.05, 4.69) is 20.6 Å². The lowest BCUT2D eigenvalue weighted by Gasteiger charge is -2.00. The minimum atomic E-state index is -0.434. The lowest BCUT2D eigenvalue weighted by Crippen LogP contribution is -2.20. The summed E-state index contributed by atoms with van der Waals surface area (Å²) < 4.78 is 14.3. The Morgan fingerprint density at radius 2 is 2.08 bits per heavy atom. The number of hydrogen-bond acceptors (Lipinski definition) is 4. The maximum Gasteiger partial charge on any atom is 0.280 e. The summed E-state index contributed by atoms with van der Waals surface area (Å²) in [7, 11) is 0.